The number of nitrogens with one attached hydrogen (secondary N) is 1. The van der Waals surface area contributed by atoms with Crippen LogP contribution in [-0.2, 0) is 16.0 Å². The first-order chi connectivity index (χ1) is 13.0. The number of ether oxygens (including phenoxy) is 1. The van der Waals surface area contributed by atoms with E-state index in [-0.39, 0.29) is 12.4 Å². The number of benzene rings is 1. The largest absolute Gasteiger partial charge is 0.469 e. The average molecular weight is 433 g/mol. The highest BCUT2D eigenvalue weighted by molar-refractivity contribution is 9.10. The molecule has 0 aliphatic rings. The molecule has 0 amide bonds. The van der Waals surface area contributed by atoms with Crippen molar-refractivity contribution in [1.29, 1.82) is 0 Å². The fraction of sp³-hybridized carbons (Fsp3) is 0.333. The lowest BCUT2D eigenvalue weighted by molar-refractivity contribution is -0.139. The summed E-state index contributed by atoms with van der Waals surface area (Å²) in [5.74, 6) is 0.479. The molecule has 142 valence electrons. The Labute approximate surface area is 165 Å². The minimum Gasteiger partial charge on any atom is -0.469 e. The minimum atomic E-state index is -0.296. The maximum absolute atomic E-state index is 11.6. The van der Waals surface area contributed by atoms with E-state index in [0.29, 0.717) is 27.7 Å². The molecule has 2 aromatic heterocycles. The number of hydrogen-bond donors (Lipinski definition) is 2. The van der Waals surface area contributed by atoms with Crippen LogP contribution >= 0.6 is 15.9 Å². The summed E-state index contributed by atoms with van der Waals surface area (Å²) in [4.78, 5) is 24.9. The summed E-state index contributed by atoms with van der Waals surface area (Å²) in [6.45, 7) is 2.89. The number of carbonyl (C=O) groups is 1. The van der Waals surface area contributed by atoms with Crippen LogP contribution in [-0.4, -0.2) is 39.1 Å². The lowest BCUT2D eigenvalue weighted by Gasteiger charge is -2.09. The van der Waals surface area contributed by atoms with Crippen molar-refractivity contribution in [3.8, 4) is 5.69 Å². The molecule has 9 heteroatoms. The SMILES string of the molecule is CCCCNc1nc(N)c2nc(Br)n(-c3cccc(CC(=O)OC)c3)c2n1. The van der Waals surface area contributed by atoms with Gasteiger partial charge in [0.1, 0.15) is 0 Å². The van der Waals surface area contributed by atoms with Gasteiger partial charge in [-0.05, 0) is 40.0 Å². The number of halogens is 1. The number of anilines is 2. The summed E-state index contributed by atoms with van der Waals surface area (Å²) in [6.07, 6.45) is 2.27. The number of imidazole rings is 1. The minimum absolute atomic E-state index is 0.190. The molecule has 0 unspecified atom stereocenters. The van der Waals surface area contributed by atoms with E-state index < -0.39 is 0 Å². The Morgan fingerprint density at radius 2 is 2.15 bits per heavy atom. The first-order valence-corrected chi connectivity index (χ1v) is 9.44. The molecule has 27 heavy (non-hydrogen) atoms. The average Bonchev–Trinajstić information content (AvgIpc) is 2.98. The Morgan fingerprint density at radius 3 is 2.89 bits per heavy atom. The van der Waals surface area contributed by atoms with Gasteiger partial charge >= 0.3 is 5.97 Å². The quantitative estimate of drug-likeness (QED) is 0.335. The van der Waals surface area contributed by atoms with Gasteiger partial charge in [-0.2, -0.15) is 9.97 Å². The van der Waals surface area contributed by atoms with Gasteiger partial charge in [0.05, 0.1) is 13.5 Å². The lowest BCUT2D eigenvalue weighted by Crippen LogP contribution is -2.08. The highest BCUT2D eigenvalue weighted by atomic mass is 79.9. The Morgan fingerprint density at radius 1 is 1.33 bits per heavy atom. The fourth-order valence-corrected chi connectivity index (χ4v) is 3.23. The van der Waals surface area contributed by atoms with Crippen molar-refractivity contribution in [3.63, 3.8) is 0 Å². The third-order valence-electron chi connectivity index (χ3n) is 4.05. The van der Waals surface area contributed by atoms with Crippen molar-refractivity contribution in [2.75, 3.05) is 24.7 Å². The Hall–Kier alpha value is -2.68. The van der Waals surface area contributed by atoms with Crippen molar-refractivity contribution in [1.82, 2.24) is 19.5 Å². The smallest absolute Gasteiger partial charge is 0.309 e. The van der Waals surface area contributed by atoms with Crippen molar-refractivity contribution in [2.45, 2.75) is 26.2 Å². The molecule has 0 spiro atoms. The van der Waals surface area contributed by atoms with E-state index in [4.69, 9.17) is 10.5 Å². The van der Waals surface area contributed by atoms with Crippen LogP contribution in [0.25, 0.3) is 16.9 Å². The van der Waals surface area contributed by atoms with Gasteiger partial charge in [0.25, 0.3) is 0 Å². The molecule has 3 N–H and O–H groups in total. The summed E-state index contributed by atoms with van der Waals surface area (Å²) in [7, 11) is 1.37. The summed E-state index contributed by atoms with van der Waals surface area (Å²) in [5, 5.41) is 3.19. The van der Waals surface area contributed by atoms with Crippen LogP contribution in [0, 0.1) is 0 Å². The second-order valence-corrected chi connectivity index (χ2v) is 6.73. The Bertz CT molecular complexity index is 972. The molecule has 3 rings (SSSR count). The van der Waals surface area contributed by atoms with Gasteiger partial charge < -0.3 is 15.8 Å². The zero-order chi connectivity index (χ0) is 19.4. The lowest BCUT2D eigenvalue weighted by atomic mass is 10.1. The topological polar surface area (TPSA) is 108 Å². The van der Waals surface area contributed by atoms with Crippen LogP contribution in [0.15, 0.2) is 29.0 Å². The number of methoxy groups -OCH3 is 1. The predicted molar refractivity (Wildman–Crippen MR) is 108 cm³/mol. The summed E-state index contributed by atoms with van der Waals surface area (Å²) >= 11 is 3.47. The molecule has 0 aliphatic carbocycles. The number of carbonyl (C=O) groups excluding carboxylic acids is 1. The number of fused-ring (bicyclic) bond motifs is 1. The summed E-state index contributed by atoms with van der Waals surface area (Å²) in [6, 6.07) is 7.55. The second-order valence-electron chi connectivity index (χ2n) is 6.02. The van der Waals surface area contributed by atoms with Crippen LogP contribution in [0.4, 0.5) is 11.8 Å². The van der Waals surface area contributed by atoms with Crippen molar-refractivity contribution >= 4 is 44.8 Å². The molecule has 0 saturated heterocycles. The highest BCUT2D eigenvalue weighted by Crippen LogP contribution is 2.27. The fourth-order valence-electron chi connectivity index (χ4n) is 2.68. The van der Waals surface area contributed by atoms with E-state index in [1.54, 1.807) is 0 Å². The van der Waals surface area contributed by atoms with E-state index in [1.165, 1.54) is 7.11 Å². The molecule has 0 aliphatic heterocycles. The number of hydrogen-bond acceptors (Lipinski definition) is 7. The maximum atomic E-state index is 11.6. The number of nitrogen functional groups attached to an aromatic ring is 1. The van der Waals surface area contributed by atoms with Crippen molar-refractivity contribution in [2.24, 2.45) is 0 Å². The van der Waals surface area contributed by atoms with Gasteiger partial charge in [0, 0.05) is 12.2 Å². The van der Waals surface area contributed by atoms with Gasteiger partial charge in [0.15, 0.2) is 21.7 Å². The van der Waals surface area contributed by atoms with Crippen molar-refractivity contribution in [3.05, 3.63) is 34.6 Å². The van der Waals surface area contributed by atoms with E-state index in [1.807, 2.05) is 28.8 Å². The molecule has 1 aromatic carbocycles. The number of aromatic nitrogens is 4. The maximum Gasteiger partial charge on any atom is 0.309 e. The number of esters is 1. The number of unbranched alkanes of at least 4 members (excludes halogenated alkanes) is 1. The van der Waals surface area contributed by atoms with Gasteiger partial charge in [0.2, 0.25) is 5.95 Å². The molecule has 0 radical (unpaired) electrons. The summed E-state index contributed by atoms with van der Waals surface area (Å²) in [5.41, 5.74) is 8.83. The van der Waals surface area contributed by atoms with Crippen LogP contribution in [0.1, 0.15) is 25.3 Å². The Kier molecular flexibility index (Phi) is 5.90. The number of nitrogens with zero attached hydrogens (tertiary/aromatic N) is 4. The van der Waals surface area contributed by atoms with Crippen LogP contribution in [0.5, 0.6) is 0 Å². The molecule has 2 heterocycles. The van der Waals surface area contributed by atoms with Gasteiger partial charge in [-0.1, -0.05) is 25.5 Å². The van der Waals surface area contributed by atoms with Gasteiger partial charge in [-0.3, -0.25) is 9.36 Å². The van der Waals surface area contributed by atoms with E-state index in [0.717, 1.165) is 30.6 Å². The van der Waals surface area contributed by atoms with E-state index >= 15 is 0 Å². The van der Waals surface area contributed by atoms with E-state index in [9.17, 15) is 4.79 Å². The zero-order valence-electron chi connectivity index (χ0n) is 15.2. The second kappa shape index (κ2) is 8.34. The molecule has 0 fully saturated rings. The van der Waals surface area contributed by atoms with Gasteiger partial charge in [-0.25, -0.2) is 4.98 Å². The predicted octanol–water partition coefficient (Wildman–Crippen LogP) is 3.09. The third-order valence-corrected chi connectivity index (χ3v) is 4.58. The zero-order valence-corrected chi connectivity index (χ0v) is 16.8. The third kappa shape index (κ3) is 4.19. The number of rotatable bonds is 7. The monoisotopic (exact) mass is 432 g/mol. The first kappa shape index (κ1) is 19.1. The van der Waals surface area contributed by atoms with Gasteiger partial charge in [-0.15, -0.1) is 0 Å². The highest BCUT2D eigenvalue weighted by Gasteiger charge is 2.17. The normalized spacial score (nSPS) is 10.9. The van der Waals surface area contributed by atoms with Crippen molar-refractivity contribution < 1.29 is 9.53 Å². The van der Waals surface area contributed by atoms with Crippen LogP contribution < -0.4 is 11.1 Å². The molecular formula is C18H21BrN6O2. The first-order valence-electron chi connectivity index (χ1n) is 8.65. The molecular weight excluding hydrogens is 412 g/mol. The van der Waals surface area contributed by atoms with Crippen LogP contribution in [0.3, 0.4) is 0 Å². The summed E-state index contributed by atoms with van der Waals surface area (Å²) < 4.78 is 7.13. The Balaban J connectivity index is 2.04. The number of nitrogens with two attached hydrogens (primary N) is 1. The molecule has 0 atom stereocenters. The van der Waals surface area contributed by atoms with E-state index in [2.05, 4.69) is 43.1 Å². The van der Waals surface area contributed by atoms with Crippen LogP contribution in [0.2, 0.25) is 0 Å². The molecule has 0 bridgehead atoms. The molecule has 0 saturated carbocycles. The molecule has 8 nitrogen and oxygen atoms in total. The molecule has 3 aromatic rings. The standard InChI is InChI=1S/C18H21BrN6O2/c1-3-4-8-21-18-23-15(20)14-16(24-18)25(17(19)22-14)12-7-5-6-11(9-12)10-13(26)27-2/h5-7,9H,3-4,8,10H2,1-2H3,(H3,20,21,23,24).